The van der Waals surface area contributed by atoms with Gasteiger partial charge in [0.1, 0.15) is 0 Å². The number of hydrogen-bond donors (Lipinski definition) is 0. The summed E-state index contributed by atoms with van der Waals surface area (Å²) in [4.78, 5) is 21.1. The van der Waals surface area contributed by atoms with Gasteiger partial charge in [-0.05, 0) is 148 Å². The molecule has 10 heteroatoms. The molecule has 0 aromatic heterocycles. The van der Waals surface area contributed by atoms with Crippen LogP contribution in [0.1, 0.15) is 130 Å². The Labute approximate surface area is 350 Å². The fourth-order valence-corrected chi connectivity index (χ4v) is 7.20. The molecule has 0 saturated carbocycles. The molecule has 0 unspecified atom stereocenters. The Balaban J connectivity index is 0.000000351. The van der Waals surface area contributed by atoms with Crippen molar-refractivity contribution in [2.45, 2.75) is 158 Å². The number of hydrogen-bond acceptors (Lipinski definition) is 10. The highest BCUT2D eigenvalue weighted by atomic mass is 16.5. The number of likely N-dealkylation sites (tertiary alicyclic amines) is 2. The van der Waals surface area contributed by atoms with Crippen LogP contribution in [-0.2, 0) is 9.47 Å². The number of likely N-dealkylation sites (N-methyl/N-ethyl adjacent to an activating group) is 2. The third kappa shape index (κ3) is 27.8. The second-order valence-corrected chi connectivity index (χ2v) is 22.2. The van der Waals surface area contributed by atoms with Crippen molar-refractivity contribution in [1.29, 1.82) is 0 Å². The molecule has 0 aromatic carbocycles. The molecule has 0 radical (unpaired) electrons. The summed E-state index contributed by atoms with van der Waals surface area (Å²) in [5.74, 6) is 0. The Kier molecular flexibility index (Phi) is 23.8. The maximum Gasteiger partial charge on any atom is 0.0852 e. The van der Waals surface area contributed by atoms with E-state index in [0.29, 0.717) is 22.6 Å². The number of piperidine rings is 1. The molecule has 5 rings (SSSR count). The molecule has 5 aliphatic rings. The molecule has 0 atom stereocenters. The normalized spacial score (nSPS) is 22.0. The van der Waals surface area contributed by atoms with Gasteiger partial charge in [-0.1, -0.05) is 20.8 Å². The summed E-state index contributed by atoms with van der Waals surface area (Å²) in [6.45, 7) is 53.1. The first-order chi connectivity index (χ1) is 25.6. The van der Waals surface area contributed by atoms with Crippen LogP contribution >= 0.6 is 0 Å². The summed E-state index contributed by atoms with van der Waals surface area (Å²) in [6.07, 6.45) is 7.57. The van der Waals surface area contributed by atoms with Crippen LogP contribution in [-0.4, -0.2) is 201 Å². The van der Waals surface area contributed by atoms with Gasteiger partial charge in [-0.2, -0.15) is 0 Å². The molecule has 5 heterocycles. The Morgan fingerprint density at radius 2 is 0.982 bits per heavy atom. The van der Waals surface area contributed by atoms with Gasteiger partial charge in [0.05, 0.1) is 36.8 Å². The van der Waals surface area contributed by atoms with Crippen LogP contribution in [0.25, 0.3) is 0 Å². The van der Waals surface area contributed by atoms with Gasteiger partial charge in [0.15, 0.2) is 0 Å². The van der Waals surface area contributed by atoms with Crippen LogP contribution in [0, 0.1) is 5.41 Å². The van der Waals surface area contributed by atoms with Crippen LogP contribution in [0.4, 0.5) is 0 Å². The highest BCUT2D eigenvalue weighted by Gasteiger charge is 2.25. The smallest absolute Gasteiger partial charge is 0.0852 e. The molecule has 0 aromatic rings. The predicted molar refractivity (Wildman–Crippen MR) is 245 cm³/mol. The minimum absolute atomic E-state index is 0.0170. The molecular weight excluding hydrogens is 697 g/mol. The van der Waals surface area contributed by atoms with Gasteiger partial charge in [-0.3, -0.25) is 14.8 Å². The van der Waals surface area contributed by atoms with Crippen molar-refractivity contribution in [2.75, 3.05) is 132 Å². The van der Waals surface area contributed by atoms with Crippen LogP contribution in [0.5, 0.6) is 0 Å². The summed E-state index contributed by atoms with van der Waals surface area (Å²) in [5.41, 5.74) is 1.24. The standard InChI is InChI=1S/C10H22N2.C10H21NO.C9H18N2O.C9H20N2.C8H17N/c1-10(2,3)9-12-7-5-11(4)6-8-12;1-10(2,3)12-9-5-7-11(4)8-6-9;1-9(2,3)12-7-6-11-5-4-10-8-11;1-9(2,3)11-7-5-10(4)6-8-11;1-8(2,3)9-6-4-5-7-9/h5-9H2,1-4H3;9H,5-8H2,1-4H3;8H,4-7H2,1-3H3;5-8H2,1-4H3;4-7H2,1-3H3. The topological polar surface area (TPSA) is 53.5 Å². The molecule has 0 spiro atoms. The van der Waals surface area contributed by atoms with Crippen molar-refractivity contribution in [3.63, 3.8) is 0 Å². The number of rotatable bonds is 5. The zero-order chi connectivity index (χ0) is 42.8. The molecule has 0 aliphatic carbocycles. The molecule has 0 bridgehead atoms. The molecule has 4 fully saturated rings. The van der Waals surface area contributed by atoms with Crippen molar-refractivity contribution in [3.05, 3.63) is 0 Å². The highest BCUT2D eigenvalue weighted by Crippen LogP contribution is 2.21. The summed E-state index contributed by atoms with van der Waals surface area (Å²) in [5, 5.41) is 0. The van der Waals surface area contributed by atoms with Crippen LogP contribution < -0.4 is 0 Å². The van der Waals surface area contributed by atoms with Crippen molar-refractivity contribution in [2.24, 2.45) is 10.4 Å². The number of ether oxygens (including phenoxy) is 2. The third-order valence-corrected chi connectivity index (χ3v) is 10.7. The Morgan fingerprint density at radius 3 is 1.36 bits per heavy atom. The SMILES string of the molecule is CC(C)(C)N1CCCC1.CC(C)(C)OCCN1C=NCC1.CN1CCC(OC(C)(C)C)CC1.CN1CCN(C(C)(C)C)CC1.CN1CCN(CC(C)(C)C)CC1. The molecule has 10 nitrogen and oxygen atoms in total. The average Bonchev–Trinajstić information content (AvgIpc) is 3.78. The Bertz CT molecular complexity index is 972. The number of aliphatic imine (C=N–C) groups is 1. The minimum Gasteiger partial charge on any atom is -0.374 e. The summed E-state index contributed by atoms with van der Waals surface area (Å²) in [7, 11) is 6.57. The van der Waals surface area contributed by atoms with E-state index in [-0.39, 0.29) is 11.2 Å². The van der Waals surface area contributed by atoms with Gasteiger partial charge in [0.2, 0.25) is 0 Å². The van der Waals surface area contributed by atoms with Crippen molar-refractivity contribution in [3.8, 4) is 0 Å². The largest absolute Gasteiger partial charge is 0.374 e. The van der Waals surface area contributed by atoms with E-state index in [4.69, 9.17) is 9.47 Å². The highest BCUT2D eigenvalue weighted by molar-refractivity contribution is 5.56. The van der Waals surface area contributed by atoms with Crippen molar-refractivity contribution >= 4 is 6.34 Å². The number of piperazine rings is 2. The summed E-state index contributed by atoms with van der Waals surface area (Å²) >= 11 is 0. The number of nitrogens with zero attached hydrogens (tertiary/aromatic N) is 8. The van der Waals surface area contributed by atoms with Gasteiger partial charge >= 0.3 is 0 Å². The van der Waals surface area contributed by atoms with Crippen LogP contribution in [0.15, 0.2) is 4.99 Å². The van der Waals surface area contributed by atoms with E-state index >= 15 is 0 Å². The zero-order valence-electron chi connectivity index (χ0n) is 40.9. The third-order valence-electron chi connectivity index (χ3n) is 10.7. The molecule has 334 valence electrons. The van der Waals surface area contributed by atoms with E-state index in [1.165, 1.54) is 111 Å². The fourth-order valence-electron chi connectivity index (χ4n) is 7.20. The molecule has 56 heavy (non-hydrogen) atoms. The molecule has 0 amide bonds. The predicted octanol–water partition coefficient (Wildman–Crippen LogP) is 7.23. The fraction of sp³-hybridized carbons (Fsp3) is 0.978. The molecule has 4 saturated heterocycles. The van der Waals surface area contributed by atoms with Gasteiger partial charge in [0, 0.05) is 96.2 Å². The lowest BCUT2D eigenvalue weighted by Gasteiger charge is -2.41. The lowest BCUT2D eigenvalue weighted by Crippen LogP contribution is -2.52. The molecule has 0 N–H and O–H groups in total. The molecule has 5 aliphatic heterocycles. The first kappa shape index (κ1) is 53.2. The van der Waals surface area contributed by atoms with E-state index in [2.05, 4.69) is 164 Å². The lowest BCUT2D eigenvalue weighted by atomic mass is 9.96. The Morgan fingerprint density at radius 1 is 0.536 bits per heavy atom. The zero-order valence-corrected chi connectivity index (χ0v) is 40.9. The van der Waals surface area contributed by atoms with Gasteiger partial charge in [0.25, 0.3) is 0 Å². The second-order valence-electron chi connectivity index (χ2n) is 22.2. The van der Waals surface area contributed by atoms with E-state index in [1.54, 1.807) is 0 Å². The minimum atomic E-state index is -0.0170. The van der Waals surface area contributed by atoms with E-state index in [9.17, 15) is 0 Å². The Hall–Kier alpha value is -0.850. The van der Waals surface area contributed by atoms with Crippen LogP contribution in [0.3, 0.4) is 0 Å². The van der Waals surface area contributed by atoms with Crippen LogP contribution in [0.2, 0.25) is 0 Å². The first-order valence-corrected chi connectivity index (χ1v) is 22.5. The quantitative estimate of drug-likeness (QED) is 0.287. The van der Waals surface area contributed by atoms with Gasteiger partial charge < -0.3 is 34.0 Å². The summed E-state index contributed by atoms with van der Waals surface area (Å²) < 4.78 is 11.5. The monoisotopic (exact) mass is 795 g/mol. The summed E-state index contributed by atoms with van der Waals surface area (Å²) in [6, 6.07) is 0. The lowest BCUT2D eigenvalue weighted by molar-refractivity contribution is -0.0800. The van der Waals surface area contributed by atoms with Crippen molar-refractivity contribution in [1.82, 2.24) is 34.3 Å². The second kappa shape index (κ2) is 25.0. The maximum absolute atomic E-state index is 5.90. The van der Waals surface area contributed by atoms with Crippen molar-refractivity contribution < 1.29 is 9.47 Å². The first-order valence-electron chi connectivity index (χ1n) is 22.5. The van der Waals surface area contributed by atoms with Gasteiger partial charge in [-0.25, -0.2) is 0 Å². The van der Waals surface area contributed by atoms with E-state index < -0.39 is 0 Å². The van der Waals surface area contributed by atoms with E-state index in [1.807, 2.05) is 6.34 Å². The van der Waals surface area contributed by atoms with E-state index in [0.717, 1.165) is 26.2 Å². The molecular formula is C46H98N8O2. The maximum atomic E-state index is 5.90. The van der Waals surface area contributed by atoms with Gasteiger partial charge in [-0.15, -0.1) is 0 Å². The average molecular weight is 795 g/mol.